The number of rotatable bonds is 3. The first-order valence-electron chi connectivity index (χ1n) is 4.35. The van der Waals surface area contributed by atoms with Gasteiger partial charge in [0.1, 0.15) is 23.9 Å². The van der Waals surface area contributed by atoms with Crippen molar-refractivity contribution in [3.8, 4) is 11.5 Å². The lowest BCUT2D eigenvalue weighted by Crippen LogP contribution is -1.97. The number of benzene rings is 1. The van der Waals surface area contributed by atoms with Gasteiger partial charge in [-0.05, 0) is 24.3 Å². The maximum atomic E-state index is 9.07. The molecule has 0 aliphatic rings. The molecule has 15 heavy (non-hydrogen) atoms. The fourth-order valence-corrected chi connectivity index (χ4v) is 1.67. The zero-order chi connectivity index (χ0) is 10.7. The van der Waals surface area contributed by atoms with E-state index in [1.807, 2.05) is 0 Å². The first-order valence-corrected chi connectivity index (χ1v) is 5.23. The van der Waals surface area contributed by atoms with Crippen molar-refractivity contribution < 1.29 is 9.84 Å². The number of nitrogens with zero attached hydrogens (tertiary/aromatic N) is 1. The third-order valence-corrected chi connectivity index (χ3v) is 2.70. The molecule has 0 amide bonds. The molecule has 1 aromatic carbocycles. The van der Waals surface area contributed by atoms with Gasteiger partial charge in [-0.15, -0.1) is 11.3 Å². The van der Waals surface area contributed by atoms with Crippen LogP contribution in [-0.4, -0.2) is 10.1 Å². The highest BCUT2D eigenvalue weighted by Crippen LogP contribution is 2.20. The van der Waals surface area contributed by atoms with Gasteiger partial charge in [0.05, 0.1) is 10.4 Å². The number of nitrogen functional groups attached to an aromatic ring is 1. The average molecular weight is 222 g/mol. The monoisotopic (exact) mass is 222 g/mol. The number of phenolic OH excluding ortho intramolecular Hbond substituents is 1. The lowest BCUT2D eigenvalue weighted by Gasteiger charge is -2.04. The van der Waals surface area contributed by atoms with Gasteiger partial charge < -0.3 is 15.6 Å². The minimum atomic E-state index is 0.222. The van der Waals surface area contributed by atoms with Crippen LogP contribution in [0.4, 0.5) is 5.82 Å². The van der Waals surface area contributed by atoms with Crippen LogP contribution >= 0.6 is 11.3 Å². The third kappa shape index (κ3) is 2.38. The van der Waals surface area contributed by atoms with Crippen molar-refractivity contribution in [2.24, 2.45) is 0 Å². The van der Waals surface area contributed by atoms with Gasteiger partial charge in [-0.1, -0.05) is 0 Å². The fraction of sp³-hybridized carbons (Fsp3) is 0.100. The first-order chi connectivity index (χ1) is 7.25. The molecule has 1 aromatic heterocycles. The van der Waals surface area contributed by atoms with E-state index in [2.05, 4.69) is 4.98 Å². The van der Waals surface area contributed by atoms with Crippen LogP contribution in [0.1, 0.15) is 4.88 Å². The van der Waals surface area contributed by atoms with E-state index >= 15 is 0 Å². The largest absolute Gasteiger partial charge is 0.508 e. The molecule has 0 fully saturated rings. The highest BCUT2D eigenvalue weighted by molar-refractivity contribution is 7.10. The number of nitrogens with two attached hydrogens (primary N) is 1. The molecule has 0 bridgehead atoms. The molecule has 0 radical (unpaired) electrons. The SMILES string of the molecule is Nc1ncsc1COc1ccc(O)cc1. The third-order valence-electron chi connectivity index (χ3n) is 1.88. The maximum Gasteiger partial charge on any atom is 0.141 e. The standard InChI is InChI=1S/C10H10N2O2S/c11-10-9(15-6-12-10)5-14-8-3-1-7(13)2-4-8/h1-4,6,13H,5,11H2. The van der Waals surface area contributed by atoms with E-state index in [9.17, 15) is 0 Å². The van der Waals surface area contributed by atoms with E-state index in [0.717, 1.165) is 4.88 Å². The van der Waals surface area contributed by atoms with Crippen LogP contribution in [0.15, 0.2) is 29.8 Å². The molecule has 0 saturated heterocycles. The summed E-state index contributed by atoms with van der Waals surface area (Å²) in [5, 5.41) is 9.07. The molecule has 0 saturated carbocycles. The number of hydrogen-bond acceptors (Lipinski definition) is 5. The van der Waals surface area contributed by atoms with Gasteiger partial charge in [0.15, 0.2) is 0 Å². The number of aromatic nitrogens is 1. The Bertz CT molecular complexity index is 439. The Morgan fingerprint density at radius 2 is 2.07 bits per heavy atom. The van der Waals surface area contributed by atoms with Crippen molar-refractivity contribution in [3.05, 3.63) is 34.7 Å². The summed E-state index contributed by atoms with van der Waals surface area (Å²) in [5.74, 6) is 1.43. The summed E-state index contributed by atoms with van der Waals surface area (Å²) in [6, 6.07) is 6.55. The molecule has 2 rings (SSSR count). The second kappa shape index (κ2) is 4.18. The van der Waals surface area contributed by atoms with Gasteiger partial charge in [0.2, 0.25) is 0 Å². The molecular weight excluding hydrogens is 212 g/mol. The molecule has 0 spiro atoms. The van der Waals surface area contributed by atoms with E-state index < -0.39 is 0 Å². The summed E-state index contributed by atoms with van der Waals surface area (Å²) in [7, 11) is 0. The smallest absolute Gasteiger partial charge is 0.141 e. The number of hydrogen-bond donors (Lipinski definition) is 2. The summed E-state index contributed by atoms with van der Waals surface area (Å²) in [5.41, 5.74) is 7.29. The molecular formula is C10H10N2O2S. The summed E-state index contributed by atoms with van der Waals surface area (Å²) in [4.78, 5) is 4.82. The normalized spacial score (nSPS) is 10.1. The van der Waals surface area contributed by atoms with Crippen molar-refractivity contribution in [2.75, 3.05) is 5.73 Å². The molecule has 5 heteroatoms. The van der Waals surface area contributed by atoms with Crippen LogP contribution in [0, 0.1) is 0 Å². The van der Waals surface area contributed by atoms with Crippen LogP contribution in [0.2, 0.25) is 0 Å². The highest BCUT2D eigenvalue weighted by Gasteiger charge is 2.02. The maximum absolute atomic E-state index is 9.07. The second-order valence-electron chi connectivity index (χ2n) is 2.94. The molecule has 1 heterocycles. The van der Waals surface area contributed by atoms with Crippen LogP contribution in [0.3, 0.4) is 0 Å². The van der Waals surface area contributed by atoms with Crippen molar-refractivity contribution in [1.82, 2.24) is 4.98 Å². The Balaban J connectivity index is 1.99. The molecule has 0 aliphatic heterocycles. The van der Waals surface area contributed by atoms with E-state index in [4.69, 9.17) is 15.6 Å². The number of thiazole rings is 1. The number of ether oxygens (including phenoxy) is 1. The molecule has 4 nitrogen and oxygen atoms in total. The van der Waals surface area contributed by atoms with Gasteiger partial charge in [0, 0.05) is 0 Å². The lowest BCUT2D eigenvalue weighted by atomic mass is 10.3. The molecule has 2 aromatic rings. The minimum Gasteiger partial charge on any atom is -0.508 e. The lowest BCUT2D eigenvalue weighted by molar-refractivity contribution is 0.309. The Kier molecular flexibility index (Phi) is 2.73. The van der Waals surface area contributed by atoms with E-state index in [1.165, 1.54) is 11.3 Å². The van der Waals surface area contributed by atoms with Crippen LogP contribution in [-0.2, 0) is 6.61 Å². The second-order valence-corrected chi connectivity index (χ2v) is 3.88. The molecule has 3 N–H and O–H groups in total. The van der Waals surface area contributed by atoms with Crippen LogP contribution in [0.5, 0.6) is 11.5 Å². The van der Waals surface area contributed by atoms with Crippen LogP contribution < -0.4 is 10.5 Å². The Morgan fingerprint density at radius 3 is 2.67 bits per heavy atom. The fourth-order valence-electron chi connectivity index (χ4n) is 1.08. The van der Waals surface area contributed by atoms with Crippen molar-refractivity contribution in [2.45, 2.75) is 6.61 Å². The molecule has 0 aliphatic carbocycles. The molecule has 0 unspecified atom stereocenters. The Hall–Kier alpha value is -1.75. The van der Waals surface area contributed by atoms with Gasteiger partial charge in [-0.3, -0.25) is 0 Å². The predicted molar refractivity (Wildman–Crippen MR) is 59.0 cm³/mol. The highest BCUT2D eigenvalue weighted by atomic mass is 32.1. The topological polar surface area (TPSA) is 68.4 Å². The van der Waals surface area contributed by atoms with Gasteiger partial charge in [-0.2, -0.15) is 0 Å². The summed E-state index contributed by atoms with van der Waals surface area (Å²) in [6.45, 7) is 0.404. The van der Waals surface area contributed by atoms with E-state index in [0.29, 0.717) is 18.2 Å². The number of phenols is 1. The Labute approximate surface area is 91.0 Å². The van der Waals surface area contributed by atoms with Crippen molar-refractivity contribution in [1.29, 1.82) is 0 Å². The first kappa shape index (κ1) is 9.79. The van der Waals surface area contributed by atoms with E-state index in [-0.39, 0.29) is 5.75 Å². The van der Waals surface area contributed by atoms with Crippen molar-refractivity contribution in [3.63, 3.8) is 0 Å². The van der Waals surface area contributed by atoms with Crippen LogP contribution in [0.25, 0.3) is 0 Å². The minimum absolute atomic E-state index is 0.222. The molecule has 78 valence electrons. The summed E-state index contributed by atoms with van der Waals surface area (Å²) >= 11 is 1.46. The van der Waals surface area contributed by atoms with Crippen molar-refractivity contribution >= 4 is 17.2 Å². The quantitative estimate of drug-likeness (QED) is 0.833. The number of aromatic hydroxyl groups is 1. The summed E-state index contributed by atoms with van der Waals surface area (Å²) in [6.07, 6.45) is 0. The molecule has 0 atom stereocenters. The zero-order valence-electron chi connectivity index (χ0n) is 7.88. The summed E-state index contributed by atoms with van der Waals surface area (Å²) < 4.78 is 5.47. The number of anilines is 1. The Morgan fingerprint density at radius 1 is 1.33 bits per heavy atom. The zero-order valence-corrected chi connectivity index (χ0v) is 8.70. The van der Waals surface area contributed by atoms with E-state index in [1.54, 1.807) is 29.8 Å². The van der Waals surface area contributed by atoms with Gasteiger partial charge >= 0.3 is 0 Å². The van der Waals surface area contributed by atoms with Gasteiger partial charge in [0.25, 0.3) is 0 Å². The van der Waals surface area contributed by atoms with Gasteiger partial charge in [-0.25, -0.2) is 4.98 Å². The predicted octanol–water partition coefficient (Wildman–Crippen LogP) is 2.01. The average Bonchev–Trinajstić information content (AvgIpc) is 2.63.